The molecule has 5 nitrogen and oxygen atoms in total. The lowest BCUT2D eigenvalue weighted by Crippen LogP contribution is -2.13. The van der Waals surface area contributed by atoms with Gasteiger partial charge >= 0.3 is 0 Å². The van der Waals surface area contributed by atoms with Crippen molar-refractivity contribution in [3.05, 3.63) is 59.8 Å². The number of para-hydroxylation sites is 1. The van der Waals surface area contributed by atoms with E-state index in [2.05, 4.69) is 24.1 Å². The Balaban J connectivity index is 1.72. The van der Waals surface area contributed by atoms with E-state index in [9.17, 15) is 4.79 Å². The Hall–Kier alpha value is -3.08. The molecule has 0 saturated carbocycles. The fourth-order valence-electron chi connectivity index (χ4n) is 2.85. The molecular weight excluding hydrogens is 316 g/mol. The van der Waals surface area contributed by atoms with Gasteiger partial charge < -0.3 is 14.8 Å². The largest absolute Gasteiger partial charge is 0.454 e. The molecule has 0 saturated heterocycles. The predicted octanol–water partition coefficient (Wildman–Crippen LogP) is 4.34. The average molecular weight is 334 g/mol. The van der Waals surface area contributed by atoms with E-state index in [-0.39, 0.29) is 18.6 Å². The topological polar surface area (TPSA) is 60.5 Å². The number of aromatic nitrogens is 1. The van der Waals surface area contributed by atoms with Crippen molar-refractivity contribution in [2.24, 2.45) is 0 Å². The summed E-state index contributed by atoms with van der Waals surface area (Å²) in [6.45, 7) is 4.34. The van der Waals surface area contributed by atoms with Crippen LogP contribution in [0.3, 0.4) is 0 Å². The van der Waals surface area contributed by atoms with Crippen LogP contribution in [-0.4, -0.2) is 17.7 Å². The predicted molar refractivity (Wildman–Crippen MR) is 96.4 cm³/mol. The first-order chi connectivity index (χ1) is 12.1. The second-order valence-corrected chi connectivity index (χ2v) is 6.29. The molecule has 1 aliphatic rings. The van der Waals surface area contributed by atoms with E-state index in [1.54, 1.807) is 18.2 Å². The van der Waals surface area contributed by atoms with Gasteiger partial charge in [-0.2, -0.15) is 0 Å². The Morgan fingerprint density at radius 3 is 2.72 bits per heavy atom. The molecule has 0 unspecified atom stereocenters. The summed E-state index contributed by atoms with van der Waals surface area (Å²) >= 11 is 0. The molecule has 0 atom stereocenters. The molecule has 4 rings (SSSR count). The number of amides is 1. The van der Waals surface area contributed by atoms with Crippen LogP contribution in [0.2, 0.25) is 0 Å². The second-order valence-electron chi connectivity index (χ2n) is 6.29. The summed E-state index contributed by atoms with van der Waals surface area (Å²) < 4.78 is 10.7. The Morgan fingerprint density at radius 2 is 1.88 bits per heavy atom. The lowest BCUT2D eigenvalue weighted by molar-refractivity contribution is 0.102. The van der Waals surface area contributed by atoms with Crippen molar-refractivity contribution in [3.8, 4) is 11.5 Å². The van der Waals surface area contributed by atoms with E-state index < -0.39 is 0 Å². The second kappa shape index (κ2) is 6.09. The zero-order valence-electron chi connectivity index (χ0n) is 14.1. The van der Waals surface area contributed by atoms with Crippen LogP contribution in [0.4, 0.5) is 5.69 Å². The number of rotatable bonds is 3. The van der Waals surface area contributed by atoms with Gasteiger partial charge in [0.25, 0.3) is 5.91 Å². The molecule has 1 N–H and O–H groups in total. The maximum atomic E-state index is 12.9. The van der Waals surface area contributed by atoms with Gasteiger partial charge in [0.2, 0.25) is 6.79 Å². The Labute approximate surface area is 145 Å². The maximum absolute atomic E-state index is 12.9. The van der Waals surface area contributed by atoms with E-state index >= 15 is 0 Å². The standard InChI is InChI=1S/C20H18N2O3/c1-12(2)17-10-15(14-5-3-4-6-16(14)22-17)20(23)21-13-7-8-18-19(9-13)25-11-24-18/h3-10,12H,11H2,1-2H3,(H,21,23). The molecule has 1 aliphatic heterocycles. The number of nitrogens with zero attached hydrogens (tertiary/aromatic N) is 1. The third kappa shape index (κ3) is 2.89. The molecule has 25 heavy (non-hydrogen) atoms. The highest BCUT2D eigenvalue weighted by Crippen LogP contribution is 2.34. The van der Waals surface area contributed by atoms with E-state index in [1.807, 2.05) is 30.3 Å². The highest BCUT2D eigenvalue weighted by Gasteiger charge is 2.17. The molecule has 0 bridgehead atoms. The molecule has 1 amide bonds. The summed E-state index contributed by atoms with van der Waals surface area (Å²) in [5, 5.41) is 3.78. The number of hydrogen-bond acceptors (Lipinski definition) is 4. The van der Waals surface area contributed by atoms with Crippen LogP contribution in [0.1, 0.15) is 35.8 Å². The van der Waals surface area contributed by atoms with Crippen LogP contribution in [0.5, 0.6) is 11.5 Å². The molecule has 1 aromatic heterocycles. The highest BCUT2D eigenvalue weighted by atomic mass is 16.7. The molecule has 0 fully saturated rings. The molecule has 2 aromatic carbocycles. The summed E-state index contributed by atoms with van der Waals surface area (Å²) in [5.74, 6) is 1.40. The number of ether oxygens (including phenoxy) is 2. The van der Waals surface area contributed by atoms with Crippen molar-refractivity contribution in [1.29, 1.82) is 0 Å². The van der Waals surface area contributed by atoms with Crippen molar-refractivity contribution in [2.45, 2.75) is 19.8 Å². The smallest absolute Gasteiger partial charge is 0.256 e. The summed E-state index contributed by atoms with van der Waals surface area (Å²) in [4.78, 5) is 17.5. The zero-order valence-corrected chi connectivity index (χ0v) is 14.1. The van der Waals surface area contributed by atoms with Crippen LogP contribution < -0.4 is 14.8 Å². The van der Waals surface area contributed by atoms with Gasteiger partial charge in [0.1, 0.15) is 0 Å². The summed E-state index contributed by atoms with van der Waals surface area (Å²) in [5.41, 5.74) is 3.01. The normalized spacial score (nSPS) is 12.6. The van der Waals surface area contributed by atoms with E-state index in [4.69, 9.17) is 9.47 Å². The van der Waals surface area contributed by atoms with Gasteiger partial charge in [0, 0.05) is 22.8 Å². The van der Waals surface area contributed by atoms with Crippen molar-refractivity contribution >= 4 is 22.5 Å². The fourth-order valence-corrected chi connectivity index (χ4v) is 2.85. The number of nitrogens with one attached hydrogen (secondary N) is 1. The first-order valence-corrected chi connectivity index (χ1v) is 8.22. The third-order valence-corrected chi connectivity index (χ3v) is 4.20. The van der Waals surface area contributed by atoms with Gasteiger partial charge in [0.05, 0.1) is 11.1 Å². The fraction of sp³-hybridized carbons (Fsp3) is 0.200. The average Bonchev–Trinajstić information content (AvgIpc) is 3.08. The van der Waals surface area contributed by atoms with Gasteiger partial charge in [-0.3, -0.25) is 9.78 Å². The highest BCUT2D eigenvalue weighted by molar-refractivity contribution is 6.12. The van der Waals surface area contributed by atoms with Gasteiger partial charge in [-0.1, -0.05) is 32.0 Å². The number of benzene rings is 2. The summed E-state index contributed by atoms with van der Waals surface area (Å²) in [6, 6.07) is 14.9. The number of fused-ring (bicyclic) bond motifs is 2. The van der Waals surface area contributed by atoms with Crippen LogP contribution >= 0.6 is 0 Å². The van der Waals surface area contributed by atoms with Crippen LogP contribution in [0.25, 0.3) is 10.9 Å². The number of hydrogen-bond donors (Lipinski definition) is 1. The SMILES string of the molecule is CC(C)c1cc(C(=O)Nc2ccc3c(c2)OCO3)c2ccccc2n1. The van der Waals surface area contributed by atoms with Crippen LogP contribution in [0.15, 0.2) is 48.5 Å². The van der Waals surface area contributed by atoms with Crippen molar-refractivity contribution in [1.82, 2.24) is 4.98 Å². The first-order valence-electron chi connectivity index (χ1n) is 8.22. The minimum atomic E-state index is -0.167. The van der Waals surface area contributed by atoms with Gasteiger partial charge in [-0.25, -0.2) is 0 Å². The Kier molecular flexibility index (Phi) is 3.76. The van der Waals surface area contributed by atoms with Crippen molar-refractivity contribution in [2.75, 3.05) is 12.1 Å². The molecular formula is C20H18N2O3. The minimum absolute atomic E-state index is 0.167. The van der Waals surface area contributed by atoms with E-state index in [1.165, 1.54) is 0 Å². The molecule has 3 aromatic rings. The third-order valence-electron chi connectivity index (χ3n) is 4.20. The number of pyridine rings is 1. The van der Waals surface area contributed by atoms with E-state index in [0.29, 0.717) is 22.7 Å². The molecule has 5 heteroatoms. The van der Waals surface area contributed by atoms with Crippen LogP contribution in [0, 0.1) is 0 Å². The number of anilines is 1. The zero-order chi connectivity index (χ0) is 17.4. The quantitative estimate of drug-likeness (QED) is 0.774. The lowest BCUT2D eigenvalue weighted by Gasteiger charge is -2.12. The van der Waals surface area contributed by atoms with Crippen molar-refractivity contribution in [3.63, 3.8) is 0 Å². The first kappa shape index (κ1) is 15.4. The molecule has 0 spiro atoms. The maximum Gasteiger partial charge on any atom is 0.256 e. The number of carbonyl (C=O) groups is 1. The summed E-state index contributed by atoms with van der Waals surface area (Å²) in [7, 11) is 0. The van der Waals surface area contributed by atoms with Gasteiger partial charge in [-0.05, 0) is 30.2 Å². The van der Waals surface area contributed by atoms with E-state index in [0.717, 1.165) is 16.6 Å². The molecule has 0 aliphatic carbocycles. The molecule has 126 valence electrons. The number of carbonyl (C=O) groups excluding carboxylic acids is 1. The van der Waals surface area contributed by atoms with Crippen molar-refractivity contribution < 1.29 is 14.3 Å². The van der Waals surface area contributed by atoms with Crippen LogP contribution in [-0.2, 0) is 0 Å². The monoisotopic (exact) mass is 334 g/mol. The Morgan fingerprint density at radius 1 is 1.08 bits per heavy atom. The van der Waals surface area contributed by atoms with Gasteiger partial charge in [0.15, 0.2) is 11.5 Å². The van der Waals surface area contributed by atoms with Gasteiger partial charge in [-0.15, -0.1) is 0 Å². The Bertz CT molecular complexity index is 966. The molecule has 0 radical (unpaired) electrons. The minimum Gasteiger partial charge on any atom is -0.454 e. The summed E-state index contributed by atoms with van der Waals surface area (Å²) in [6.07, 6.45) is 0. The lowest BCUT2D eigenvalue weighted by atomic mass is 10.0. The molecule has 2 heterocycles.